The standard InChI is InChI=1S/C20H18O3/c1-20(22)10-14-7-6-13-8-15-12(4-3-5-18(15)23-2)9-16(13)19(14)17(21)11-20/h3-9,22H,10-11H2,1-2H3/t20-/m0/s1. The average Bonchev–Trinajstić information content (AvgIpc) is 2.50. The van der Waals surface area contributed by atoms with Crippen molar-refractivity contribution in [1.29, 1.82) is 0 Å². The van der Waals surface area contributed by atoms with Crippen LogP contribution in [0, 0.1) is 0 Å². The molecule has 1 aliphatic carbocycles. The molecule has 1 N–H and O–H groups in total. The van der Waals surface area contributed by atoms with Gasteiger partial charge in [0.2, 0.25) is 0 Å². The summed E-state index contributed by atoms with van der Waals surface area (Å²) in [5, 5.41) is 14.3. The number of benzene rings is 3. The van der Waals surface area contributed by atoms with Crippen molar-refractivity contribution in [2.45, 2.75) is 25.4 Å². The summed E-state index contributed by atoms with van der Waals surface area (Å²) in [5.74, 6) is 0.848. The molecule has 116 valence electrons. The fourth-order valence-corrected chi connectivity index (χ4v) is 3.68. The number of carbonyl (C=O) groups is 1. The van der Waals surface area contributed by atoms with Gasteiger partial charge in [-0.15, -0.1) is 0 Å². The quantitative estimate of drug-likeness (QED) is 0.694. The van der Waals surface area contributed by atoms with Gasteiger partial charge in [0.25, 0.3) is 0 Å². The molecule has 0 heterocycles. The number of carbonyl (C=O) groups excluding carboxylic acids is 1. The van der Waals surface area contributed by atoms with Crippen LogP contribution < -0.4 is 4.74 Å². The summed E-state index contributed by atoms with van der Waals surface area (Å²) in [5.41, 5.74) is 0.748. The Labute approximate surface area is 134 Å². The number of Topliss-reactive ketones (excluding diaryl/α,β-unsaturated/α-hetero) is 1. The highest BCUT2D eigenvalue weighted by Crippen LogP contribution is 2.36. The highest BCUT2D eigenvalue weighted by Gasteiger charge is 2.33. The lowest BCUT2D eigenvalue weighted by Crippen LogP contribution is -2.35. The number of aliphatic hydroxyl groups is 1. The van der Waals surface area contributed by atoms with Crippen molar-refractivity contribution in [3.63, 3.8) is 0 Å². The average molecular weight is 306 g/mol. The second-order valence-corrected chi connectivity index (χ2v) is 6.63. The van der Waals surface area contributed by atoms with Gasteiger partial charge in [0.15, 0.2) is 5.78 Å². The third-order valence-electron chi connectivity index (χ3n) is 4.68. The molecule has 3 nitrogen and oxygen atoms in total. The summed E-state index contributed by atoms with van der Waals surface area (Å²) in [6, 6.07) is 14.0. The van der Waals surface area contributed by atoms with Gasteiger partial charge < -0.3 is 9.84 Å². The minimum absolute atomic E-state index is 0.0177. The molecule has 3 aromatic carbocycles. The van der Waals surface area contributed by atoms with Crippen LogP contribution in [0.4, 0.5) is 0 Å². The molecule has 0 bridgehead atoms. The van der Waals surface area contributed by atoms with Crippen LogP contribution >= 0.6 is 0 Å². The van der Waals surface area contributed by atoms with Crippen molar-refractivity contribution in [3.05, 3.63) is 53.6 Å². The number of ketones is 1. The molecule has 3 aromatic rings. The van der Waals surface area contributed by atoms with Crippen molar-refractivity contribution in [3.8, 4) is 5.75 Å². The zero-order valence-corrected chi connectivity index (χ0v) is 13.2. The van der Waals surface area contributed by atoms with Crippen LogP contribution in [0.15, 0.2) is 42.5 Å². The van der Waals surface area contributed by atoms with Crippen molar-refractivity contribution in [2.75, 3.05) is 7.11 Å². The molecular weight excluding hydrogens is 288 g/mol. The lowest BCUT2D eigenvalue weighted by Gasteiger charge is -2.29. The highest BCUT2D eigenvalue weighted by molar-refractivity contribution is 6.14. The Morgan fingerprint density at radius 3 is 2.57 bits per heavy atom. The van der Waals surface area contributed by atoms with Crippen LogP contribution in [-0.2, 0) is 6.42 Å². The van der Waals surface area contributed by atoms with Crippen LogP contribution in [0.2, 0.25) is 0 Å². The third kappa shape index (κ3) is 2.20. The molecule has 0 saturated carbocycles. The van der Waals surface area contributed by atoms with Gasteiger partial charge in [-0.3, -0.25) is 4.79 Å². The Kier molecular flexibility index (Phi) is 2.97. The highest BCUT2D eigenvalue weighted by atomic mass is 16.5. The van der Waals surface area contributed by atoms with Crippen molar-refractivity contribution in [1.82, 2.24) is 0 Å². The Bertz CT molecular complexity index is 954. The van der Waals surface area contributed by atoms with Crippen LogP contribution in [0.25, 0.3) is 21.5 Å². The minimum Gasteiger partial charge on any atom is -0.496 e. The van der Waals surface area contributed by atoms with E-state index in [-0.39, 0.29) is 12.2 Å². The first kappa shape index (κ1) is 14.2. The topological polar surface area (TPSA) is 46.5 Å². The van der Waals surface area contributed by atoms with Crippen LogP contribution in [0.5, 0.6) is 5.75 Å². The monoisotopic (exact) mass is 306 g/mol. The molecule has 23 heavy (non-hydrogen) atoms. The predicted molar refractivity (Wildman–Crippen MR) is 91.3 cm³/mol. The van der Waals surface area contributed by atoms with Gasteiger partial charge in [0.05, 0.1) is 12.7 Å². The lowest BCUT2D eigenvalue weighted by molar-refractivity contribution is 0.0413. The first-order chi connectivity index (χ1) is 11.0. The first-order valence-electron chi connectivity index (χ1n) is 7.76. The number of ether oxygens (including phenoxy) is 1. The summed E-state index contributed by atoms with van der Waals surface area (Å²) in [7, 11) is 1.66. The number of fused-ring (bicyclic) bond motifs is 4. The van der Waals surface area contributed by atoms with Crippen LogP contribution in [0.3, 0.4) is 0 Å². The molecule has 1 aliphatic rings. The summed E-state index contributed by atoms with van der Waals surface area (Å²) in [6.07, 6.45) is 0.690. The molecule has 3 heteroatoms. The molecular formula is C20H18O3. The number of hydrogen-bond acceptors (Lipinski definition) is 3. The smallest absolute Gasteiger partial charge is 0.166 e. The normalized spacial score (nSPS) is 20.7. The van der Waals surface area contributed by atoms with Gasteiger partial charge in [-0.25, -0.2) is 0 Å². The second-order valence-electron chi connectivity index (χ2n) is 6.63. The van der Waals surface area contributed by atoms with E-state index in [2.05, 4.69) is 12.1 Å². The van der Waals surface area contributed by atoms with E-state index in [9.17, 15) is 9.90 Å². The van der Waals surface area contributed by atoms with E-state index in [1.807, 2.05) is 30.3 Å². The summed E-state index contributed by atoms with van der Waals surface area (Å²) in [6.45, 7) is 1.73. The molecule has 0 fully saturated rings. The first-order valence-corrected chi connectivity index (χ1v) is 7.76. The van der Waals surface area contributed by atoms with E-state index < -0.39 is 5.60 Å². The third-order valence-corrected chi connectivity index (χ3v) is 4.68. The Morgan fingerprint density at radius 1 is 1.04 bits per heavy atom. The van der Waals surface area contributed by atoms with E-state index in [0.717, 1.165) is 38.4 Å². The summed E-state index contributed by atoms with van der Waals surface area (Å²) < 4.78 is 5.44. The van der Waals surface area contributed by atoms with Crippen LogP contribution in [0.1, 0.15) is 29.3 Å². The van der Waals surface area contributed by atoms with E-state index >= 15 is 0 Å². The molecule has 0 radical (unpaired) electrons. The van der Waals surface area contributed by atoms with Gasteiger partial charge in [-0.2, -0.15) is 0 Å². The lowest BCUT2D eigenvalue weighted by atomic mass is 9.78. The maximum Gasteiger partial charge on any atom is 0.166 e. The number of rotatable bonds is 1. The number of hydrogen-bond donors (Lipinski definition) is 1. The number of methoxy groups -OCH3 is 1. The summed E-state index contributed by atoms with van der Waals surface area (Å²) in [4.78, 5) is 12.6. The minimum atomic E-state index is -0.947. The Morgan fingerprint density at radius 2 is 1.78 bits per heavy atom. The maximum absolute atomic E-state index is 12.6. The van der Waals surface area contributed by atoms with Gasteiger partial charge in [0, 0.05) is 23.8 Å². The van der Waals surface area contributed by atoms with Gasteiger partial charge in [-0.05, 0) is 46.8 Å². The largest absolute Gasteiger partial charge is 0.496 e. The molecule has 4 rings (SSSR count). The molecule has 0 aliphatic heterocycles. The zero-order valence-electron chi connectivity index (χ0n) is 13.2. The van der Waals surface area contributed by atoms with Gasteiger partial charge >= 0.3 is 0 Å². The molecule has 0 amide bonds. The molecule has 1 atom stereocenters. The van der Waals surface area contributed by atoms with E-state index in [1.54, 1.807) is 14.0 Å². The molecule has 0 unspecified atom stereocenters. The predicted octanol–water partition coefficient (Wildman–Crippen LogP) is 3.88. The van der Waals surface area contributed by atoms with E-state index in [0.29, 0.717) is 6.42 Å². The van der Waals surface area contributed by atoms with Crippen molar-refractivity contribution in [2.24, 2.45) is 0 Å². The maximum atomic E-state index is 12.6. The van der Waals surface area contributed by atoms with E-state index in [4.69, 9.17) is 4.74 Å². The van der Waals surface area contributed by atoms with Crippen LogP contribution in [-0.4, -0.2) is 23.6 Å². The van der Waals surface area contributed by atoms with E-state index in [1.165, 1.54) is 0 Å². The Balaban J connectivity index is 2.05. The Hall–Kier alpha value is -2.39. The van der Waals surface area contributed by atoms with Crippen molar-refractivity contribution < 1.29 is 14.6 Å². The fraction of sp³-hybridized carbons (Fsp3) is 0.250. The zero-order chi connectivity index (χ0) is 16.2. The second kappa shape index (κ2) is 4.80. The molecule has 0 spiro atoms. The van der Waals surface area contributed by atoms with Crippen molar-refractivity contribution >= 4 is 27.3 Å². The fourth-order valence-electron chi connectivity index (χ4n) is 3.68. The SMILES string of the molecule is COc1cccc2cc3c4c(ccc3cc12)C[C@](C)(O)CC4=O. The molecule has 0 saturated heterocycles. The molecule has 0 aromatic heterocycles. The van der Waals surface area contributed by atoms with Gasteiger partial charge in [0.1, 0.15) is 5.75 Å². The van der Waals surface area contributed by atoms with Gasteiger partial charge in [-0.1, -0.05) is 24.3 Å². The summed E-state index contributed by atoms with van der Waals surface area (Å²) >= 11 is 0.